The van der Waals surface area contributed by atoms with Crippen molar-refractivity contribution in [2.45, 2.75) is 36.3 Å². The van der Waals surface area contributed by atoms with E-state index in [0.717, 1.165) is 5.56 Å². The Morgan fingerprint density at radius 1 is 1.15 bits per heavy atom. The van der Waals surface area contributed by atoms with Gasteiger partial charge in [0.1, 0.15) is 0 Å². The molecule has 2 aromatic rings. The molecule has 0 radical (unpaired) electrons. The summed E-state index contributed by atoms with van der Waals surface area (Å²) in [7, 11) is -3.45. The van der Waals surface area contributed by atoms with Gasteiger partial charge in [-0.05, 0) is 55.2 Å². The van der Waals surface area contributed by atoms with E-state index in [0.29, 0.717) is 30.8 Å². The lowest BCUT2D eigenvalue weighted by Crippen LogP contribution is -2.32. The number of halogens is 1. The van der Waals surface area contributed by atoms with E-state index in [1.165, 1.54) is 17.7 Å². The van der Waals surface area contributed by atoms with Crippen LogP contribution in [0.1, 0.15) is 24.0 Å². The fraction of sp³-hybridized carbons (Fsp3) is 0.350. The first kappa shape index (κ1) is 18.9. The SMILES string of the molecule is Cc1ccccc1CCC(=O)N1CC[C@H](S(=O)(=O)c2ccc(Cl)cc2)C1. The van der Waals surface area contributed by atoms with E-state index in [-0.39, 0.29) is 17.3 Å². The maximum atomic E-state index is 12.8. The molecule has 1 heterocycles. The summed E-state index contributed by atoms with van der Waals surface area (Å²) < 4.78 is 25.5. The highest BCUT2D eigenvalue weighted by Gasteiger charge is 2.35. The van der Waals surface area contributed by atoms with Crippen molar-refractivity contribution in [1.29, 1.82) is 0 Å². The van der Waals surface area contributed by atoms with Gasteiger partial charge in [0, 0.05) is 24.5 Å². The third-order valence-corrected chi connectivity index (χ3v) is 7.39. The van der Waals surface area contributed by atoms with Crippen molar-refractivity contribution in [1.82, 2.24) is 4.90 Å². The van der Waals surface area contributed by atoms with Gasteiger partial charge in [0.05, 0.1) is 10.1 Å². The molecular formula is C20H22ClNO3S. The summed E-state index contributed by atoms with van der Waals surface area (Å²) in [4.78, 5) is 14.4. The molecule has 1 aliphatic rings. The smallest absolute Gasteiger partial charge is 0.222 e. The Hall–Kier alpha value is -1.85. The third kappa shape index (κ3) is 4.10. The molecule has 26 heavy (non-hydrogen) atoms. The van der Waals surface area contributed by atoms with E-state index in [1.54, 1.807) is 17.0 Å². The summed E-state index contributed by atoms with van der Waals surface area (Å²) >= 11 is 5.83. The lowest BCUT2D eigenvalue weighted by atomic mass is 10.0. The van der Waals surface area contributed by atoms with Crippen molar-refractivity contribution < 1.29 is 13.2 Å². The second-order valence-electron chi connectivity index (χ2n) is 6.68. The third-order valence-electron chi connectivity index (χ3n) is 4.95. The van der Waals surface area contributed by atoms with Crippen LogP contribution in [-0.2, 0) is 21.1 Å². The van der Waals surface area contributed by atoms with Crippen LogP contribution < -0.4 is 0 Å². The van der Waals surface area contributed by atoms with Crippen LogP contribution in [-0.4, -0.2) is 37.6 Å². The monoisotopic (exact) mass is 391 g/mol. The van der Waals surface area contributed by atoms with Gasteiger partial charge in [-0.1, -0.05) is 35.9 Å². The van der Waals surface area contributed by atoms with Crippen LogP contribution in [0.3, 0.4) is 0 Å². The second kappa shape index (κ2) is 7.80. The molecule has 0 bridgehead atoms. The Balaban J connectivity index is 1.62. The summed E-state index contributed by atoms with van der Waals surface area (Å²) in [5.41, 5.74) is 2.33. The normalized spacial score (nSPS) is 17.5. The summed E-state index contributed by atoms with van der Waals surface area (Å²) in [5, 5.41) is -0.0468. The lowest BCUT2D eigenvalue weighted by molar-refractivity contribution is -0.130. The van der Waals surface area contributed by atoms with Crippen LogP contribution in [0.25, 0.3) is 0 Å². The van der Waals surface area contributed by atoms with Gasteiger partial charge < -0.3 is 4.90 Å². The minimum atomic E-state index is -3.45. The van der Waals surface area contributed by atoms with E-state index in [2.05, 4.69) is 0 Å². The van der Waals surface area contributed by atoms with Crippen LogP contribution >= 0.6 is 11.6 Å². The second-order valence-corrected chi connectivity index (χ2v) is 9.34. The van der Waals surface area contributed by atoms with Crippen molar-refractivity contribution in [2.75, 3.05) is 13.1 Å². The summed E-state index contributed by atoms with van der Waals surface area (Å²) in [6, 6.07) is 14.2. The Morgan fingerprint density at radius 3 is 2.54 bits per heavy atom. The largest absolute Gasteiger partial charge is 0.341 e. The highest BCUT2D eigenvalue weighted by Crippen LogP contribution is 2.25. The van der Waals surface area contributed by atoms with E-state index in [9.17, 15) is 13.2 Å². The van der Waals surface area contributed by atoms with E-state index >= 15 is 0 Å². The van der Waals surface area contributed by atoms with Gasteiger partial charge in [0.15, 0.2) is 9.84 Å². The van der Waals surface area contributed by atoms with E-state index < -0.39 is 15.1 Å². The van der Waals surface area contributed by atoms with Gasteiger partial charge in [-0.2, -0.15) is 0 Å². The first-order chi connectivity index (χ1) is 12.4. The molecule has 1 aliphatic heterocycles. The number of aryl methyl sites for hydroxylation is 2. The molecule has 0 aliphatic carbocycles. The molecular weight excluding hydrogens is 370 g/mol. The topological polar surface area (TPSA) is 54.5 Å². The van der Waals surface area contributed by atoms with Gasteiger partial charge in [0.2, 0.25) is 5.91 Å². The molecule has 1 saturated heterocycles. The average molecular weight is 392 g/mol. The fourth-order valence-corrected chi connectivity index (χ4v) is 5.13. The maximum absolute atomic E-state index is 12.8. The molecule has 6 heteroatoms. The van der Waals surface area contributed by atoms with Crippen molar-refractivity contribution in [2.24, 2.45) is 0 Å². The van der Waals surface area contributed by atoms with Gasteiger partial charge in [-0.15, -0.1) is 0 Å². The number of benzene rings is 2. The van der Waals surface area contributed by atoms with Gasteiger partial charge in [-0.25, -0.2) is 8.42 Å². The maximum Gasteiger partial charge on any atom is 0.222 e. The minimum absolute atomic E-state index is 0.0158. The molecule has 0 spiro atoms. The highest BCUT2D eigenvalue weighted by molar-refractivity contribution is 7.92. The predicted molar refractivity (Wildman–Crippen MR) is 103 cm³/mol. The molecule has 0 saturated carbocycles. The van der Waals surface area contributed by atoms with Crippen LogP contribution in [0.2, 0.25) is 5.02 Å². The molecule has 2 aromatic carbocycles. The molecule has 138 valence electrons. The van der Waals surface area contributed by atoms with Crippen LogP contribution in [0.15, 0.2) is 53.4 Å². The molecule has 1 amide bonds. The molecule has 0 N–H and O–H groups in total. The average Bonchev–Trinajstić information content (AvgIpc) is 3.12. The zero-order chi connectivity index (χ0) is 18.7. The Bertz CT molecular complexity index is 894. The van der Waals surface area contributed by atoms with Gasteiger partial charge in [-0.3, -0.25) is 4.79 Å². The molecule has 0 unspecified atom stereocenters. The van der Waals surface area contributed by atoms with Crippen LogP contribution in [0.4, 0.5) is 0 Å². The summed E-state index contributed by atoms with van der Waals surface area (Å²) in [6.07, 6.45) is 1.55. The first-order valence-corrected chi connectivity index (χ1v) is 10.6. The molecule has 4 nitrogen and oxygen atoms in total. The van der Waals surface area contributed by atoms with E-state index in [1.807, 2.05) is 31.2 Å². The molecule has 1 atom stereocenters. The Labute approximate surface area is 159 Å². The van der Waals surface area contributed by atoms with Crippen molar-refractivity contribution >= 4 is 27.3 Å². The van der Waals surface area contributed by atoms with Crippen molar-refractivity contribution in [3.05, 3.63) is 64.7 Å². The number of carbonyl (C=O) groups is 1. The molecule has 3 rings (SSSR count). The van der Waals surface area contributed by atoms with Crippen molar-refractivity contribution in [3.8, 4) is 0 Å². The fourth-order valence-electron chi connectivity index (χ4n) is 3.32. The zero-order valence-corrected chi connectivity index (χ0v) is 16.3. The number of rotatable bonds is 5. The standard InChI is InChI=1S/C20H22ClNO3S/c1-15-4-2-3-5-16(15)6-11-20(23)22-13-12-19(14-22)26(24,25)18-9-7-17(21)8-10-18/h2-5,7-10,19H,6,11-14H2,1H3/t19-/m0/s1. The Morgan fingerprint density at radius 2 is 1.85 bits per heavy atom. The number of likely N-dealkylation sites (tertiary alicyclic amines) is 1. The first-order valence-electron chi connectivity index (χ1n) is 8.69. The number of hydrogen-bond donors (Lipinski definition) is 0. The van der Waals surface area contributed by atoms with Crippen LogP contribution in [0, 0.1) is 6.92 Å². The lowest BCUT2D eigenvalue weighted by Gasteiger charge is -2.17. The van der Waals surface area contributed by atoms with Crippen LogP contribution in [0.5, 0.6) is 0 Å². The van der Waals surface area contributed by atoms with E-state index in [4.69, 9.17) is 11.6 Å². The number of hydrogen-bond acceptors (Lipinski definition) is 3. The van der Waals surface area contributed by atoms with Crippen molar-refractivity contribution in [3.63, 3.8) is 0 Å². The Kier molecular flexibility index (Phi) is 5.68. The quantitative estimate of drug-likeness (QED) is 0.781. The summed E-state index contributed by atoms with van der Waals surface area (Å²) in [6.45, 7) is 2.78. The predicted octanol–water partition coefficient (Wildman–Crippen LogP) is 3.66. The zero-order valence-electron chi connectivity index (χ0n) is 14.7. The van der Waals surface area contributed by atoms with Gasteiger partial charge in [0.25, 0.3) is 0 Å². The number of nitrogens with zero attached hydrogens (tertiary/aromatic N) is 1. The number of carbonyl (C=O) groups excluding carboxylic acids is 1. The molecule has 0 aromatic heterocycles. The molecule has 1 fully saturated rings. The highest BCUT2D eigenvalue weighted by atomic mass is 35.5. The number of amides is 1. The van der Waals surface area contributed by atoms with Gasteiger partial charge >= 0.3 is 0 Å². The number of sulfone groups is 1. The minimum Gasteiger partial charge on any atom is -0.341 e. The summed E-state index contributed by atoms with van der Waals surface area (Å²) in [5.74, 6) is 0.0158.